The first-order chi connectivity index (χ1) is 26.3. The molecule has 0 spiro atoms. The van der Waals surface area contributed by atoms with Gasteiger partial charge in [-0.3, -0.25) is 0 Å². The summed E-state index contributed by atoms with van der Waals surface area (Å²) in [7, 11) is 0. The average molecular weight is 876 g/mol. The van der Waals surface area contributed by atoms with Gasteiger partial charge in [-0.2, -0.15) is 0 Å². The Hall–Kier alpha value is -3.84. The molecule has 0 saturated heterocycles. The van der Waals surface area contributed by atoms with Gasteiger partial charge in [-0.05, 0) is 33.4 Å². The summed E-state index contributed by atoms with van der Waals surface area (Å²) in [5, 5.41) is 0. The second-order valence-corrected chi connectivity index (χ2v) is 15.4. The van der Waals surface area contributed by atoms with Crippen molar-refractivity contribution in [2.75, 3.05) is 0 Å². The molecule has 0 aliphatic heterocycles. The molecule has 0 heterocycles. The molecule has 6 aromatic carbocycles. The molecule has 282 valence electrons. The molecule has 0 aromatic heterocycles. The van der Waals surface area contributed by atoms with E-state index in [0.717, 1.165) is 39.3 Å². The van der Waals surface area contributed by atoms with Crippen molar-refractivity contribution in [3.05, 3.63) is 215 Å². The summed E-state index contributed by atoms with van der Waals surface area (Å²) < 4.78 is 1.55. The molecule has 0 radical (unpaired) electrons. The van der Waals surface area contributed by atoms with Crippen molar-refractivity contribution in [2.24, 2.45) is 0 Å². The monoisotopic (exact) mass is 875 g/mol. The number of rotatable bonds is 12. The van der Waals surface area contributed by atoms with Gasteiger partial charge < -0.3 is 89.2 Å². The number of hydrogen-bond acceptors (Lipinski definition) is 6. The molecule has 55 heavy (non-hydrogen) atoms. The van der Waals surface area contributed by atoms with E-state index in [0.29, 0.717) is 13.0 Å². The summed E-state index contributed by atoms with van der Waals surface area (Å²) >= 11 is 30.9. The first kappa shape index (κ1) is 45.5. The first-order valence-electron chi connectivity index (χ1n) is 17.4. The Morgan fingerprint density at radius 2 is 0.418 bits per heavy atom. The van der Waals surface area contributed by atoms with Crippen LogP contribution in [0.2, 0.25) is 0 Å². The number of thiocarbonyl (C=S) groups is 3. The van der Waals surface area contributed by atoms with E-state index in [1.54, 1.807) is 0 Å². The standard InChI is InChI=1S/3C15H15NS2.Co/c3*17-15(18)16(11-13-7-3-1-4-8-13)12-14-9-5-2-6-10-14;/h3*1-10H,11-12H2,(H,17,18);/q;;;+3/p-3. The molecular formula is C45H42CoN3S6. The van der Waals surface area contributed by atoms with Crippen molar-refractivity contribution < 1.29 is 16.8 Å². The van der Waals surface area contributed by atoms with Gasteiger partial charge in [-0.1, -0.05) is 195 Å². The van der Waals surface area contributed by atoms with Gasteiger partial charge in [0.2, 0.25) is 0 Å². The summed E-state index contributed by atoms with van der Waals surface area (Å²) in [4.78, 5) is 6.11. The largest absolute Gasteiger partial charge is 3.00 e. The Bertz CT molecular complexity index is 1600. The van der Waals surface area contributed by atoms with Crippen LogP contribution in [-0.2, 0) is 93.9 Å². The topological polar surface area (TPSA) is 9.72 Å². The van der Waals surface area contributed by atoms with Gasteiger partial charge in [-0.25, -0.2) is 0 Å². The van der Waals surface area contributed by atoms with Crippen molar-refractivity contribution in [1.82, 2.24) is 14.7 Å². The molecule has 0 fully saturated rings. The Balaban J connectivity index is 0.000000220. The Morgan fingerprint density at radius 1 is 0.291 bits per heavy atom. The normalized spacial score (nSPS) is 9.82. The van der Waals surface area contributed by atoms with Gasteiger partial charge >= 0.3 is 16.8 Å². The van der Waals surface area contributed by atoms with Gasteiger partial charge in [0, 0.05) is 39.3 Å². The quantitative estimate of drug-likeness (QED) is 0.0871. The molecular weight excluding hydrogens is 834 g/mol. The Labute approximate surface area is 370 Å². The van der Waals surface area contributed by atoms with E-state index in [-0.39, 0.29) is 16.8 Å². The molecule has 0 aliphatic carbocycles. The zero-order chi connectivity index (χ0) is 38.4. The van der Waals surface area contributed by atoms with Crippen molar-refractivity contribution in [3.63, 3.8) is 0 Å². The summed E-state index contributed by atoms with van der Waals surface area (Å²) in [6, 6.07) is 61.5. The summed E-state index contributed by atoms with van der Waals surface area (Å²) in [5.41, 5.74) is 7.34. The summed E-state index contributed by atoms with van der Waals surface area (Å²) in [6.45, 7) is 4.57. The predicted molar refractivity (Wildman–Crippen MR) is 246 cm³/mol. The fourth-order valence-corrected chi connectivity index (χ4v) is 6.15. The van der Waals surface area contributed by atoms with Crippen LogP contribution in [0.5, 0.6) is 0 Å². The SMILES string of the molecule is S=C([S-])N(Cc1ccccc1)Cc1ccccc1.S=C([S-])N(Cc1ccccc1)Cc1ccccc1.S=C([S-])N(Cc1ccccc1)Cc1ccccc1.[Co+3]. The van der Waals surface area contributed by atoms with Crippen LogP contribution in [0.3, 0.4) is 0 Å². The van der Waals surface area contributed by atoms with Gasteiger partial charge in [0.25, 0.3) is 0 Å². The third-order valence-electron chi connectivity index (χ3n) is 8.07. The van der Waals surface area contributed by atoms with Crippen LogP contribution in [0.4, 0.5) is 0 Å². The predicted octanol–water partition coefficient (Wildman–Crippen LogP) is 10.6. The van der Waals surface area contributed by atoms with E-state index < -0.39 is 0 Å². The minimum absolute atomic E-state index is 0. The molecule has 0 amide bonds. The van der Waals surface area contributed by atoms with Crippen LogP contribution in [0.1, 0.15) is 33.4 Å². The third kappa shape index (κ3) is 18.1. The molecule has 6 aromatic rings. The maximum atomic E-state index is 5.16. The third-order valence-corrected chi connectivity index (χ3v) is 9.62. The Morgan fingerprint density at radius 3 is 0.527 bits per heavy atom. The van der Waals surface area contributed by atoms with Crippen molar-refractivity contribution in [3.8, 4) is 0 Å². The Kier molecular flexibility index (Phi) is 21.6. The number of hydrogen-bond donors (Lipinski definition) is 0. The van der Waals surface area contributed by atoms with E-state index >= 15 is 0 Å². The minimum Gasteiger partial charge on any atom is -0.411 e. The van der Waals surface area contributed by atoms with Crippen LogP contribution in [0, 0.1) is 0 Å². The minimum atomic E-state index is 0. The summed E-state index contributed by atoms with van der Waals surface area (Å²) in [5.74, 6) is 0. The zero-order valence-corrected chi connectivity index (χ0v) is 36.1. The molecule has 0 bridgehead atoms. The average Bonchev–Trinajstić information content (AvgIpc) is 3.20. The van der Waals surface area contributed by atoms with Crippen LogP contribution in [0.15, 0.2) is 182 Å². The van der Waals surface area contributed by atoms with Crippen LogP contribution >= 0.6 is 36.7 Å². The molecule has 0 N–H and O–H groups in total. The van der Waals surface area contributed by atoms with Gasteiger partial charge in [-0.15, -0.1) is 0 Å². The van der Waals surface area contributed by atoms with Gasteiger partial charge in [0.05, 0.1) is 0 Å². The van der Waals surface area contributed by atoms with Gasteiger partial charge in [0.1, 0.15) is 0 Å². The molecule has 10 heteroatoms. The first-order valence-corrected chi connectivity index (χ1v) is 19.8. The van der Waals surface area contributed by atoms with E-state index in [2.05, 4.69) is 72.8 Å². The second kappa shape index (κ2) is 26.1. The smallest absolute Gasteiger partial charge is 0.411 e. The molecule has 6 rings (SSSR count). The fourth-order valence-electron chi connectivity index (χ4n) is 5.38. The van der Waals surface area contributed by atoms with Crippen molar-refractivity contribution >= 4 is 87.5 Å². The van der Waals surface area contributed by atoms with Gasteiger partial charge in [0.15, 0.2) is 0 Å². The van der Waals surface area contributed by atoms with E-state index in [9.17, 15) is 0 Å². The van der Waals surface area contributed by atoms with Crippen LogP contribution in [-0.4, -0.2) is 27.7 Å². The fraction of sp³-hybridized carbons (Fsp3) is 0.133. The van der Waals surface area contributed by atoms with Crippen LogP contribution in [0.25, 0.3) is 0 Å². The molecule has 0 unspecified atom stereocenters. The number of nitrogens with zero attached hydrogens (tertiary/aromatic N) is 3. The molecule has 3 nitrogen and oxygen atoms in total. The maximum absolute atomic E-state index is 5.16. The molecule has 0 aliphatic rings. The van der Waals surface area contributed by atoms with Crippen molar-refractivity contribution in [1.29, 1.82) is 0 Å². The molecule has 0 atom stereocenters. The van der Waals surface area contributed by atoms with Crippen molar-refractivity contribution in [2.45, 2.75) is 39.3 Å². The molecule has 0 saturated carbocycles. The zero-order valence-electron chi connectivity index (χ0n) is 30.2. The summed E-state index contributed by atoms with van der Waals surface area (Å²) in [6.07, 6.45) is 0. The van der Waals surface area contributed by atoms with E-state index in [1.165, 1.54) is 33.4 Å². The van der Waals surface area contributed by atoms with E-state index in [1.807, 2.05) is 124 Å². The van der Waals surface area contributed by atoms with E-state index in [4.69, 9.17) is 74.5 Å². The van der Waals surface area contributed by atoms with Crippen LogP contribution < -0.4 is 0 Å². The number of benzene rings is 6. The maximum Gasteiger partial charge on any atom is 3.00 e. The second-order valence-electron chi connectivity index (χ2n) is 12.3.